The highest BCUT2D eigenvalue weighted by Gasteiger charge is 2.38. The van der Waals surface area contributed by atoms with Crippen LogP contribution in [0.25, 0.3) is 0 Å². The number of nitrogens with two attached hydrogens (primary N) is 1. The number of halogens is 3. The van der Waals surface area contributed by atoms with Crippen molar-refractivity contribution in [2.75, 3.05) is 6.54 Å². The van der Waals surface area contributed by atoms with Crippen LogP contribution in [0.4, 0.5) is 13.2 Å². The van der Waals surface area contributed by atoms with E-state index in [2.05, 4.69) is 20.8 Å². The molecule has 0 heterocycles. The average Bonchev–Trinajstić information content (AvgIpc) is 2.26. The smallest absolute Gasteiger partial charge is 0.330 e. The summed E-state index contributed by atoms with van der Waals surface area (Å²) in [5.74, 6) is -1.35. The molecule has 1 atom stereocenters. The Hall–Kier alpha value is -1.03. The number of hydrogen-bond donors (Lipinski definition) is 1. The molecule has 0 bridgehead atoms. The minimum absolute atomic E-state index is 0.00508. The van der Waals surface area contributed by atoms with Crippen LogP contribution in [0.2, 0.25) is 0 Å². The van der Waals surface area contributed by atoms with E-state index in [9.17, 15) is 13.2 Å². The third-order valence-corrected chi connectivity index (χ3v) is 3.28. The van der Waals surface area contributed by atoms with E-state index >= 15 is 0 Å². The zero-order valence-corrected chi connectivity index (χ0v) is 11.7. The first-order chi connectivity index (χ1) is 8.64. The fourth-order valence-corrected chi connectivity index (χ4v) is 2.01. The summed E-state index contributed by atoms with van der Waals surface area (Å²) in [6.45, 7) is 6.29. The Bertz CT molecular complexity index is 387. The fraction of sp³-hybridized carbons (Fsp3) is 0.600. The molecule has 1 rings (SSSR count). The van der Waals surface area contributed by atoms with E-state index < -0.39 is 12.1 Å². The Morgan fingerprint density at radius 2 is 1.58 bits per heavy atom. The van der Waals surface area contributed by atoms with Crippen molar-refractivity contribution in [1.82, 2.24) is 0 Å². The summed E-state index contributed by atoms with van der Waals surface area (Å²) in [5, 5.41) is 0. The van der Waals surface area contributed by atoms with Crippen molar-refractivity contribution in [2.24, 2.45) is 11.7 Å². The molecule has 19 heavy (non-hydrogen) atoms. The van der Waals surface area contributed by atoms with Crippen LogP contribution in [0, 0.1) is 5.92 Å². The minimum Gasteiger partial charge on any atom is -0.330 e. The Morgan fingerprint density at radius 3 is 1.95 bits per heavy atom. The topological polar surface area (TPSA) is 26.0 Å². The summed E-state index contributed by atoms with van der Waals surface area (Å²) >= 11 is 0. The maximum Gasteiger partial charge on any atom is 0.392 e. The van der Waals surface area contributed by atoms with Gasteiger partial charge in [-0.1, -0.05) is 45.0 Å². The molecule has 0 radical (unpaired) electrons. The predicted molar refractivity (Wildman–Crippen MR) is 72.1 cm³/mol. The molecule has 0 amide bonds. The highest BCUT2D eigenvalue weighted by atomic mass is 19.4. The Morgan fingerprint density at radius 1 is 1.05 bits per heavy atom. The summed E-state index contributed by atoms with van der Waals surface area (Å²) in [4.78, 5) is 0. The lowest BCUT2D eigenvalue weighted by Crippen LogP contribution is -2.27. The molecule has 0 aliphatic heterocycles. The Kier molecular flexibility index (Phi) is 5.02. The number of rotatable bonds is 4. The van der Waals surface area contributed by atoms with Crippen LogP contribution < -0.4 is 5.73 Å². The summed E-state index contributed by atoms with van der Waals surface area (Å²) in [6, 6.07) is 7.39. The predicted octanol–water partition coefficient (Wildman–Crippen LogP) is 4.05. The van der Waals surface area contributed by atoms with Crippen LogP contribution in [0.5, 0.6) is 0 Å². The number of hydrogen-bond acceptors (Lipinski definition) is 1. The first-order valence-electron chi connectivity index (χ1n) is 6.51. The maximum atomic E-state index is 12.8. The molecule has 0 spiro atoms. The van der Waals surface area contributed by atoms with Crippen molar-refractivity contribution in [3.05, 3.63) is 35.4 Å². The van der Waals surface area contributed by atoms with Gasteiger partial charge < -0.3 is 5.73 Å². The SMILES string of the molecule is CC(C)(C)c1ccc(CC(CCN)C(F)(F)F)cc1. The molecule has 0 aromatic heterocycles. The molecule has 1 aromatic rings. The fourth-order valence-electron chi connectivity index (χ4n) is 2.01. The van der Waals surface area contributed by atoms with Crippen LogP contribution >= 0.6 is 0 Å². The maximum absolute atomic E-state index is 12.8. The van der Waals surface area contributed by atoms with Crippen molar-refractivity contribution < 1.29 is 13.2 Å². The van der Waals surface area contributed by atoms with Crippen molar-refractivity contribution >= 4 is 0 Å². The van der Waals surface area contributed by atoms with Crippen LogP contribution in [0.3, 0.4) is 0 Å². The van der Waals surface area contributed by atoms with E-state index in [1.807, 2.05) is 12.1 Å². The van der Waals surface area contributed by atoms with Gasteiger partial charge in [0.2, 0.25) is 0 Å². The molecular formula is C15H22F3N. The lowest BCUT2D eigenvalue weighted by molar-refractivity contribution is -0.175. The molecular weight excluding hydrogens is 251 g/mol. The van der Waals surface area contributed by atoms with Gasteiger partial charge in [0, 0.05) is 0 Å². The average molecular weight is 273 g/mol. The molecule has 1 nitrogen and oxygen atoms in total. The summed E-state index contributed by atoms with van der Waals surface area (Å²) in [6.07, 6.45) is -4.20. The van der Waals surface area contributed by atoms with E-state index in [1.165, 1.54) is 0 Å². The standard InChI is InChI=1S/C15H22F3N/c1-14(2,3)12-6-4-11(5-7-12)10-13(8-9-19)15(16,17)18/h4-7,13H,8-10,19H2,1-3H3. The van der Waals surface area contributed by atoms with Gasteiger partial charge in [-0.2, -0.15) is 13.2 Å². The molecule has 1 unspecified atom stereocenters. The van der Waals surface area contributed by atoms with E-state index in [0.717, 1.165) is 5.56 Å². The van der Waals surface area contributed by atoms with E-state index in [1.54, 1.807) is 12.1 Å². The zero-order chi connectivity index (χ0) is 14.7. The van der Waals surface area contributed by atoms with Crippen molar-refractivity contribution in [3.63, 3.8) is 0 Å². The van der Waals surface area contributed by atoms with E-state index in [-0.39, 0.29) is 24.8 Å². The highest BCUT2D eigenvalue weighted by molar-refractivity contribution is 5.27. The van der Waals surface area contributed by atoms with Crippen LogP contribution in [-0.2, 0) is 11.8 Å². The lowest BCUT2D eigenvalue weighted by atomic mass is 9.86. The third kappa shape index (κ3) is 4.86. The van der Waals surface area contributed by atoms with Crippen molar-refractivity contribution in [2.45, 2.75) is 45.2 Å². The van der Waals surface area contributed by atoms with Gasteiger partial charge in [0.25, 0.3) is 0 Å². The number of alkyl halides is 3. The van der Waals surface area contributed by atoms with Gasteiger partial charge in [0.15, 0.2) is 0 Å². The molecule has 1 aromatic carbocycles. The van der Waals surface area contributed by atoms with Crippen LogP contribution in [-0.4, -0.2) is 12.7 Å². The van der Waals surface area contributed by atoms with Gasteiger partial charge in [-0.05, 0) is 35.9 Å². The van der Waals surface area contributed by atoms with Gasteiger partial charge in [0.1, 0.15) is 0 Å². The second-order valence-electron chi connectivity index (χ2n) is 5.97. The van der Waals surface area contributed by atoms with Gasteiger partial charge in [-0.25, -0.2) is 0 Å². The van der Waals surface area contributed by atoms with Gasteiger partial charge in [-0.3, -0.25) is 0 Å². The van der Waals surface area contributed by atoms with Crippen LogP contribution in [0.15, 0.2) is 24.3 Å². The molecule has 2 N–H and O–H groups in total. The molecule has 0 aliphatic rings. The molecule has 4 heteroatoms. The summed E-state index contributed by atoms with van der Waals surface area (Å²) in [7, 11) is 0. The number of benzene rings is 1. The monoisotopic (exact) mass is 273 g/mol. The molecule has 0 aliphatic carbocycles. The Labute approximate surface area is 113 Å². The Balaban J connectivity index is 2.81. The second-order valence-corrected chi connectivity index (χ2v) is 5.97. The van der Waals surface area contributed by atoms with Gasteiger partial charge >= 0.3 is 6.18 Å². The summed E-state index contributed by atoms with van der Waals surface area (Å²) in [5.41, 5.74) is 7.11. The zero-order valence-electron chi connectivity index (χ0n) is 11.7. The molecule has 0 saturated carbocycles. The second kappa shape index (κ2) is 5.95. The largest absolute Gasteiger partial charge is 0.392 e. The molecule has 0 fully saturated rings. The first kappa shape index (κ1) is 16.0. The van der Waals surface area contributed by atoms with Crippen molar-refractivity contribution in [1.29, 1.82) is 0 Å². The lowest BCUT2D eigenvalue weighted by Gasteiger charge is -2.21. The molecule has 0 saturated heterocycles. The van der Waals surface area contributed by atoms with E-state index in [0.29, 0.717) is 5.56 Å². The summed E-state index contributed by atoms with van der Waals surface area (Å²) < 4.78 is 38.4. The van der Waals surface area contributed by atoms with Crippen molar-refractivity contribution in [3.8, 4) is 0 Å². The first-order valence-corrected chi connectivity index (χ1v) is 6.51. The van der Waals surface area contributed by atoms with Crippen LogP contribution in [0.1, 0.15) is 38.3 Å². The highest BCUT2D eigenvalue weighted by Crippen LogP contribution is 2.32. The third-order valence-electron chi connectivity index (χ3n) is 3.28. The van der Waals surface area contributed by atoms with Gasteiger partial charge in [-0.15, -0.1) is 0 Å². The quantitative estimate of drug-likeness (QED) is 0.879. The minimum atomic E-state index is -4.18. The van der Waals surface area contributed by atoms with E-state index in [4.69, 9.17) is 5.73 Å². The normalized spacial score (nSPS) is 14.5. The van der Waals surface area contributed by atoms with Gasteiger partial charge in [0.05, 0.1) is 5.92 Å². The molecule has 108 valence electrons.